The van der Waals surface area contributed by atoms with E-state index in [2.05, 4.69) is 24.1 Å². The van der Waals surface area contributed by atoms with Gasteiger partial charge in [0.2, 0.25) is 5.91 Å². The lowest BCUT2D eigenvalue weighted by Gasteiger charge is -2.23. The Labute approximate surface area is 130 Å². The highest BCUT2D eigenvalue weighted by Gasteiger charge is 2.26. The number of piperidine rings is 1. The van der Waals surface area contributed by atoms with Gasteiger partial charge in [0.05, 0.1) is 0 Å². The maximum Gasteiger partial charge on any atom is 0.222 e. The van der Waals surface area contributed by atoms with E-state index in [-0.39, 0.29) is 12.4 Å². The van der Waals surface area contributed by atoms with Crippen LogP contribution >= 0.6 is 12.4 Å². The van der Waals surface area contributed by atoms with Gasteiger partial charge in [-0.25, -0.2) is 0 Å². The van der Waals surface area contributed by atoms with Crippen LogP contribution in [0.2, 0.25) is 0 Å². The predicted molar refractivity (Wildman–Crippen MR) is 86.2 cm³/mol. The molecule has 118 valence electrons. The number of nitrogens with zero attached hydrogens (tertiary/aromatic N) is 1. The first-order chi connectivity index (χ1) is 9.15. The van der Waals surface area contributed by atoms with Crippen LogP contribution < -0.4 is 5.32 Å². The zero-order chi connectivity index (χ0) is 13.7. The van der Waals surface area contributed by atoms with E-state index >= 15 is 0 Å². The van der Waals surface area contributed by atoms with E-state index in [9.17, 15) is 4.79 Å². The van der Waals surface area contributed by atoms with Gasteiger partial charge >= 0.3 is 0 Å². The third-order valence-electron chi connectivity index (χ3n) is 4.67. The van der Waals surface area contributed by atoms with Crippen molar-refractivity contribution in [2.45, 2.75) is 52.4 Å². The van der Waals surface area contributed by atoms with Crippen molar-refractivity contribution in [2.75, 3.05) is 26.2 Å². The second-order valence-corrected chi connectivity index (χ2v) is 6.86. The predicted octanol–water partition coefficient (Wildman–Crippen LogP) is 3.08. The smallest absolute Gasteiger partial charge is 0.222 e. The third kappa shape index (κ3) is 5.61. The first kappa shape index (κ1) is 17.8. The Kier molecular flexibility index (Phi) is 7.90. The van der Waals surface area contributed by atoms with E-state index in [1.165, 1.54) is 25.7 Å². The first-order valence-electron chi connectivity index (χ1n) is 8.13. The molecular formula is C16H31ClN2O. The molecular weight excluding hydrogens is 272 g/mol. The summed E-state index contributed by atoms with van der Waals surface area (Å²) in [4.78, 5) is 14.3. The van der Waals surface area contributed by atoms with Crippen molar-refractivity contribution in [3.8, 4) is 0 Å². The molecule has 0 saturated carbocycles. The molecule has 1 atom stereocenters. The summed E-state index contributed by atoms with van der Waals surface area (Å²) in [5, 5.41) is 3.39. The van der Waals surface area contributed by atoms with Crippen molar-refractivity contribution < 1.29 is 4.79 Å². The molecule has 20 heavy (non-hydrogen) atoms. The van der Waals surface area contributed by atoms with Crippen LogP contribution in [0.5, 0.6) is 0 Å². The van der Waals surface area contributed by atoms with Crippen molar-refractivity contribution in [3.05, 3.63) is 0 Å². The minimum atomic E-state index is 0. The molecule has 0 bridgehead atoms. The Morgan fingerprint density at radius 1 is 1.20 bits per heavy atom. The Morgan fingerprint density at radius 2 is 1.90 bits per heavy atom. The maximum absolute atomic E-state index is 12.2. The lowest BCUT2D eigenvalue weighted by atomic mass is 9.93. The zero-order valence-electron chi connectivity index (χ0n) is 13.1. The van der Waals surface area contributed by atoms with Crippen LogP contribution in [0.3, 0.4) is 0 Å². The number of amides is 1. The fourth-order valence-electron chi connectivity index (χ4n) is 3.57. The van der Waals surface area contributed by atoms with Crippen molar-refractivity contribution >= 4 is 18.3 Å². The van der Waals surface area contributed by atoms with Crippen LogP contribution in [0.15, 0.2) is 0 Å². The van der Waals surface area contributed by atoms with E-state index in [1.807, 2.05) is 0 Å². The van der Waals surface area contributed by atoms with Crippen LogP contribution in [-0.4, -0.2) is 37.0 Å². The van der Waals surface area contributed by atoms with Gasteiger partial charge in [-0.2, -0.15) is 0 Å². The number of halogens is 1. The molecule has 2 rings (SSSR count). The monoisotopic (exact) mass is 302 g/mol. The van der Waals surface area contributed by atoms with Crippen LogP contribution in [0, 0.1) is 17.8 Å². The van der Waals surface area contributed by atoms with Crippen LogP contribution in [0.1, 0.15) is 52.4 Å². The molecule has 1 unspecified atom stereocenters. The van der Waals surface area contributed by atoms with Gasteiger partial charge in [-0.05, 0) is 62.9 Å². The summed E-state index contributed by atoms with van der Waals surface area (Å²) in [5.41, 5.74) is 0. The summed E-state index contributed by atoms with van der Waals surface area (Å²) in [7, 11) is 0. The minimum absolute atomic E-state index is 0. The average molecular weight is 303 g/mol. The summed E-state index contributed by atoms with van der Waals surface area (Å²) >= 11 is 0. The number of nitrogens with one attached hydrogen (secondary N) is 1. The van der Waals surface area contributed by atoms with Gasteiger partial charge in [-0.15, -0.1) is 12.4 Å². The Bertz CT molecular complexity index is 290. The number of likely N-dealkylation sites (tertiary alicyclic amines) is 1. The summed E-state index contributed by atoms with van der Waals surface area (Å²) in [5.74, 6) is 2.70. The molecule has 4 heteroatoms. The highest BCUT2D eigenvalue weighted by Crippen LogP contribution is 2.25. The second-order valence-electron chi connectivity index (χ2n) is 6.86. The van der Waals surface area contributed by atoms with Crippen molar-refractivity contribution in [1.29, 1.82) is 0 Å². The van der Waals surface area contributed by atoms with Gasteiger partial charge in [0.1, 0.15) is 0 Å². The Morgan fingerprint density at radius 3 is 2.55 bits per heavy atom. The fourth-order valence-corrected chi connectivity index (χ4v) is 3.57. The SMILES string of the molecule is CC(C)CC1CCN(C(=O)CCC2CCNCC2)C1.Cl. The highest BCUT2D eigenvalue weighted by molar-refractivity contribution is 5.85. The van der Waals surface area contributed by atoms with E-state index in [4.69, 9.17) is 0 Å². The van der Waals surface area contributed by atoms with E-state index in [0.717, 1.165) is 56.8 Å². The summed E-state index contributed by atoms with van der Waals surface area (Å²) in [6, 6.07) is 0. The lowest BCUT2D eigenvalue weighted by Crippen LogP contribution is -2.31. The lowest BCUT2D eigenvalue weighted by molar-refractivity contribution is -0.130. The minimum Gasteiger partial charge on any atom is -0.342 e. The number of hydrogen-bond acceptors (Lipinski definition) is 2. The normalized spacial score (nSPS) is 23.9. The Hall–Kier alpha value is -0.280. The van der Waals surface area contributed by atoms with E-state index in [1.54, 1.807) is 0 Å². The molecule has 0 spiro atoms. The molecule has 0 aliphatic carbocycles. The molecule has 2 fully saturated rings. The van der Waals surface area contributed by atoms with Crippen molar-refractivity contribution in [3.63, 3.8) is 0 Å². The summed E-state index contributed by atoms with van der Waals surface area (Å²) in [6.07, 6.45) is 6.88. The van der Waals surface area contributed by atoms with Crippen molar-refractivity contribution in [1.82, 2.24) is 10.2 Å². The molecule has 0 radical (unpaired) electrons. The van der Waals surface area contributed by atoms with Gasteiger partial charge in [0, 0.05) is 19.5 Å². The topological polar surface area (TPSA) is 32.3 Å². The molecule has 3 nitrogen and oxygen atoms in total. The second kappa shape index (κ2) is 8.89. The molecule has 0 aromatic rings. The molecule has 2 saturated heterocycles. The first-order valence-corrected chi connectivity index (χ1v) is 8.13. The average Bonchev–Trinajstić information content (AvgIpc) is 2.85. The molecule has 2 aliphatic heterocycles. The van der Waals surface area contributed by atoms with E-state index < -0.39 is 0 Å². The standard InChI is InChI=1S/C16H30N2O.ClH/c1-13(2)11-15-7-10-18(12-15)16(19)4-3-14-5-8-17-9-6-14;/h13-15,17H,3-12H2,1-2H3;1H. The number of hydrogen-bond donors (Lipinski definition) is 1. The van der Waals surface area contributed by atoms with Crippen LogP contribution in [0.4, 0.5) is 0 Å². The number of carbonyl (C=O) groups is 1. The molecule has 1 N–H and O–H groups in total. The zero-order valence-corrected chi connectivity index (χ0v) is 13.9. The molecule has 0 aromatic carbocycles. The number of carbonyl (C=O) groups excluding carboxylic acids is 1. The van der Waals surface area contributed by atoms with Gasteiger partial charge in [0.25, 0.3) is 0 Å². The van der Waals surface area contributed by atoms with Gasteiger partial charge < -0.3 is 10.2 Å². The third-order valence-corrected chi connectivity index (χ3v) is 4.67. The van der Waals surface area contributed by atoms with Crippen molar-refractivity contribution in [2.24, 2.45) is 17.8 Å². The van der Waals surface area contributed by atoms with Crippen LogP contribution in [0.25, 0.3) is 0 Å². The quantitative estimate of drug-likeness (QED) is 0.846. The summed E-state index contributed by atoms with van der Waals surface area (Å²) in [6.45, 7) is 8.85. The molecule has 1 amide bonds. The van der Waals surface area contributed by atoms with Gasteiger partial charge in [0.15, 0.2) is 0 Å². The number of rotatable bonds is 5. The fraction of sp³-hybridized carbons (Fsp3) is 0.938. The van der Waals surface area contributed by atoms with Crippen LogP contribution in [-0.2, 0) is 4.79 Å². The summed E-state index contributed by atoms with van der Waals surface area (Å²) < 4.78 is 0. The van der Waals surface area contributed by atoms with Gasteiger partial charge in [-0.1, -0.05) is 13.8 Å². The molecule has 2 heterocycles. The molecule has 0 aromatic heterocycles. The highest BCUT2D eigenvalue weighted by atomic mass is 35.5. The largest absolute Gasteiger partial charge is 0.342 e. The Balaban J connectivity index is 0.00000200. The van der Waals surface area contributed by atoms with E-state index in [0.29, 0.717) is 5.91 Å². The maximum atomic E-state index is 12.2. The molecule has 2 aliphatic rings. The van der Waals surface area contributed by atoms with Gasteiger partial charge in [-0.3, -0.25) is 4.79 Å².